The summed E-state index contributed by atoms with van der Waals surface area (Å²) in [6.07, 6.45) is 1.00. The van der Waals surface area contributed by atoms with Crippen molar-refractivity contribution >= 4 is 34.1 Å². The second kappa shape index (κ2) is 9.92. The number of anilines is 1. The number of benzene rings is 3. The van der Waals surface area contributed by atoms with Crippen molar-refractivity contribution in [1.29, 1.82) is 0 Å². The summed E-state index contributed by atoms with van der Waals surface area (Å²) in [5.41, 5.74) is 3.49. The number of fused-ring (bicyclic) bond motifs is 1. The molecule has 1 aromatic heterocycles. The van der Waals surface area contributed by atoms with Crippen LogP contribution in [0.3, 0.4) is 0 Å². The summed E-state index contributed by atoms with van der Waals surface area (Å²) in [5.74, 6) is 0.218. The Labute approximate surface area is 191 Å². The Balaban J connectivity index is 1.54. The number of carbonyl (C=O) groups excluding carboxylic acids is 1. The van der Waals surface area contributed by atoms with E-state index in [9.17, 15) is 9.18 Å². The molecule has 1 N–H and O–H groups in total. The minimum absolute atomic E-state index is 0.0840. The minimum Gasteiger partial charge on any atom is -0.325 e. The summed E-state index contributed by atoms with van der Waals surface area (Å²) in [7, 11) is 0. The number of hydrogen-bond acceptors (Lipinski definition) is 4. The van der Waals surface area contributed by atoms with E-state index in [4.69, 9.17) is 0 Å². The smallest absolute Gasteiger partial charge is 0.234 e. The van der Waals surface area contributed by atoms with E-state index in [0.29, 0.717) is 16.6 Å². The van der Waals surface area contributed by atoms with Crippen molar-refractivity contribution in [2.24, 2.45) is 0 Å². The molecule has 0 aliphatic rings. The molecular weight excluding hydrogens is 421 g/mol. The fourth-order valence-corrected chi connectivity index (χ4v) is 4.36. The predicted octanol–water partition coefficient (Wildman–Crippen LogP) is 6.68. The van der Waals surface area contributed by atoms with Gasteiger partial charge in [0.2, 0.25) is 5.91 Å². The summed E-state index contributed by atoms with van der Waals surface area (Å²) < 4.78 is 13.3. The van der Waals surface area contributed by atoms with Crippen molar-refractivity contribution in [3.8, 4) is 11.3 Å². The summed E-state index contributed by atoms with van der Waals surface area (Å²) in [6.45, 7) is 4.29. The summed E-state index contributed by atoms with van der Waals surface area (Å²) >= 11 is 1.36. The summed E-state index contributed by atoms with van der Waals surface area (Å²) in [6, 6.07) is 22.0. The predicted molar refractivity (Wildman–Crippen MR) is 129 cm³/mol. The van der Waals surface area contributed by atoms with Gasteiger partial charge in [-0.25, -0.2) is 4.39 Å². The van der Waals surface area contributed by atoms with Gasteiger partial charge in [0, 0.05) is 22.0 Å². The average Bonchev–Trinajstić information content (AvgIpc) is 2.83. The molecule has 0 spiro atoms. The number of amides is 1. The highest BCUT2D eigenvalue weighted by molar-refractivity contribution is 8.00. The van der Waals surface area contributed by atoms with E-state index in [-0.39, 0.29) is 17.5 Å². The fourth-order valence-electron chi connectivity index (χ4n) is 3.59. The molecule has 162 valence electrons. The summed E-state index contributed by atoms with van der Waals surface area (Å²) in [5, 5.41) is 14.3. The second-order valence-electron chi connectivity index (χ2n) is 7.64. The van der Waals surface area contributed by atoms with E-state index in [2.05, 4.69) is 35.4 Å². The van der Waals surface area contributed by atoms with Gasteiger partial charge in [-0.15, -0.1) is 10.2 Å². The Morgan fingerprint density at radius 3 is 2.41 bits per heavy atom. The molecule has 0 aliphatic heterocycles. The molecule has 0 bridgehead atoms. The molecule has 1 heterocycles. The lowest BCUT2D eigenvalue weighted by Gasteiger charge is -2.15. The molecular formula is C26H24FN3OS. The van der Waals surface area contributed by atoms with Gasteiger partial charge in [0.1, 0.15) is 16.5 Å². The topological polar surface area (TPSA) is 54.9 Å². The SMILES string of the molecule is CC[C@H](C)c1ccccc1NC(=O)CSc1nnc(-c2ccc(F)cc2)c2ccccc12. The number of thioether (sulfide) groups is 1. The van der Waals surface area contributed by atoms with Crippen molar-refractivity contribution in [2.45, 2.75) is 31.2 Å². The molecule has 0 radical (unpaired) electrons. The van der Waals surface area contributed by atoms with Crippen LogP contribution in [0.15, 0.2) is 77.8 Å². The van der Waals surface area contributed by atoms with E-state index >= 15 is 0 Å². The standard InChI is InChI=1S/C26H24FN3OS/c1-3-17(2)20-8-6-7-11-23(20)28-24(31)16-32-26-22-10-5-4-9-21(22)25(29-30-26)18-12-14-19(27)15-13-18/h4-15,17H,3,16H2,1-2H3,(H,28,31)/t17-/m0/s1. The van der Waals surface area contributed by atoms with Gasteiger partial charge in [0.15, 0.2) is 0 Å². The van der Waals surface area contributed by atoms with Crippen LogP contribution in [0, 0.1) is 5.82 Å². The highest BCUT2D eigenvalue weighted by Crippen LogP contribution is 2.32. The third-order valence-corrected chi connectivity index (χ3v) is 6.47. The van der Waals surface area contributed by atoms with Crippen molar-refractivity contribution in [3.05, 3.63) is 84.2 Å². The van der Waals surface area contributed by atoms with Gasteiger partial charge in [0.25, 0.3) is 0 Å². The Kier molecular flexibility index (Phi) is 6.81. The van der Waals surface area contributed by atoms with Crippen LogP contribution >= 0.6 is 11.8 Å². The van der Waals surface area contributed by atoms with Gasteiger partial charge in [-0.3, -0.25) is 4.79 Å². The average molecular weight is 446 g/mol. The van der Waals surface area contributed by atoms with Gasteiger partial charge in [-0.2, -0.15) is 0 Å². The maximum absolute atomic E-state index is 13.3. The second-order valence-corrected chi connectivity index (χ2v) is 8.60. The quantitative estimate of drug-likeness (QED) is 0.322. The number of para-hydroxylation sites is 1. The molecule has 4 nitrogen and oxygen atoms in total. The van der Waals surface area contributed by atoms with Crippen LogP contribution < -0.4 is 5.32 Å². The van der Waals surface area contributed by atoms with Gasteiger partial charge < -0.3 is 5.32 Å². The normalized spacial score (nSPS) is 12.0. The first-order valence-corrected chi connectivity index (χ1v) is 11.6. The van der Waals surface area contributed by atoms with E-state index in [1.165, 1.54) is 23.9 Å². The van der Waals surface area contributed by atoms with E-state index in [1.807, 2.05) is 42.5 Å². The zero-order chi connectivity index (χ0) is 22.5. The highest BCUT2D eigenvalue weighted by Gasteiger charge is 2.15. The van der Waals surface area contributed by atoms with Crippen molar-refractivity contribution in [2.75, 3.05) is 11.1 Å². The summed E-state index contributed by atoms with van der Waals surface area (Å²) in [4.78, 5) is 12.7. The molecule has 0 unspecified atom stereocenters. The number of halogens is 1. The number of aromatic nitrogens is 2. The van der Waals surface area contributed by atoms with Crippen LogP contribution in [-0.4, -0.2) is 21.9 Å². The van der Waals surface area contributed by atoms with Crippen LogP contribution in [0.5, 0.6) is 0 Å². The molecule has 1 amide bonds. The number of carbonyl (C=O) groups is 1. The maximum atomic E-state index is 13.3. The van der Waals surface area contributed by atoms with Crippen LogP contribution in [0.1, 0.15) is 31.7 Å². The Hall–Kier alpha value is -3.25. The maximum Gasteiger partial charge on any atom is 0.234 e. The molecule has 3 aromatic carbocycles. The molecule has 4 rings (SSSR count). The lowest BCUT2D eigenvalue weighted by Crippen LogP contribution is -2.16. The Morgan fingerprint density at radius 1 is 0.969 bits per heavy atom. The third-order valence-electron chi connectivity index (χ3n) is 5.49. The Bertz CT molecular complexity index is 1240. The van der Waals surface area contributed by atoms with Crippen LogP contribution in [-0.2, 0) is 4.79 Å². The molecule has 0 fully saturated rings. The first-order chi connectivity index (χ1) is 15.6. The zero-order valence-corrected chi connectivity index (χ0v) is 18.8. The molecule has 0 saturated heterocycles. The van der Waals surface area contributed by atoms with Crippen LogP contribution in [0.2, 0.25) is 0 Å². The van der Waals surface area contributed by atoms with Crippen molar-refractivity contribution in [3.63, 3.8) is 0 Å². The van der Waals surface area contributed by atoms with E-state index in [1.54, 1.807) is 12.1 Å². The van der Waals surface area contributed by atoms with E-state index < -0.39 is 0 Å². The van der Waals surface area contributed by atoms with E-state index in [0.717, 1.165) is 34.0 Å². The third kappa shape index (κ3) is 4.81. The van der Waals surface area contributed by atoms with Crippen LogP contribution in [0.4, 0.5) is 10.1 Å². The van der Waals surface area contributed by atoms with Gasteiger partial charge in [-0.05, 0) is 48.2 Å². The first-order valence-electron chi connectivity index (χ1n) is 10.6. The molecule has 32 heavy (non-hydrogen) atoms. The van der Waals surface area contributed by atoms with Gasteiger partial charge in [0.05, 0.1) is 5.75 Å². The number of hydrogen-bond donors (Lipinski definition) is 1. The lowest BCUT2D eigenvalue weighted by molar-refractivity contribution is -0.113. The molecule has 0 aliphatic carbocycles. The van der Waals surface area contributed by atoms with Gasteiger partial charge in [-0.1, -0.05) is 68.1 Å². The lowest BCUT2D eigenvalue weighted by atomic mass is 9.97. The molecule has 0 saturated carbocycles. The Morgan fingerprint density at radius 2 is 1.66 bits per heavy atom. The van der Waals surface area contributed by atoms with Crippen LogP contribution in [0.25, 0.3) is 22.0 Å². The highest BCUT2D eigenvalue weighted by atomic mass is 32.2. The number of rotatable bonds is 7. The molecule has 6 heteroatoms. The van der Waals surface area contributed by atoms with Gasteiger partial charge >= 0.3 is 0 Å². The monoisotopic (exact) mass is 445 g/mol. The van der Waals surface area contributed by atoms with Crippen molar-refractivity contribution in [1.82, 2.24) is 10.2 Å². The minimum atomic E-state index is -0.292. The largest absolute Gasteiger partial charge is 0.325 e. The molecule has 1 atom stereocenters. The van der Waals surface area contributed by atoms with Crippen molar-refractivity contribution < 1.29 is 9.18 Å². The first kappa shape index (κ1) is 22.0. The number of nitrogens with zero attached hydrogens (tertiary/aromatic N) is 2. The molecule has 4 aromatic rings. The number of nitrogens with one attached hydrogen (secondary N) is 1. The fraction of sp³-hybridized carbons (Fsp3) is 0.192. The zero-order valence-electron chi connectivity index (χ0n) is 18.0.